The first-order chi connectivity index (χ1) is 20.6. The van der Waals surface area contributed by atoms with Crippen molar-refractivity contribution in [3.8, 4) is 11.5 Å². The van der Waals surface area contributed by atoms with E-state index in [9.17, 15) is 9.59 Å². The number of aryl methyl sites for hydroxylation is 2. The molecule has 0 radical (unpaired) electrons. The Hall–Kier alpha value is -3.68. The van der Waals surface area contributed by atoms with E-state index < -0.39 is 12.0 Å². The second kappa shape index (κ2) is 12.9. The molecule has 0 unspecified atom stereocenters. The lowest BCUT2D eigenvalue weighted by molar-refractivity contribution is -0.139. The fraction of sp³-hybridized carbons (Fsp3) is 0.300. The zero-order chi connectivity index (χ0) is 30.8. The maximum atomic E-state index is 14.0. The van der Waals surface area contributed by atoms with Gasteiger partial charge in [0.1, 0.15) is 5.76 Å². The number of fused-ring (bicyclic) bond motifs is 1. The number of esters is 1. The molecule has 13 heteroatoms. The summed E-state index contributed by atoms with van der Waals surface area (Å²) >= 11 is 6.14. The molecule has 0 saturated heterocycles. The molecule has 1 aromatic carbocycles. The standard InChI is InChI=1S/C30H29BrN4O6S2/c1-7-39-22-13-19(20(31)14-21(22)38-6)26-25(28(37)40-8-2)17(5)34-30-35(26)27(36)23(42-30)12-18-9-10-24(41-18)43-29-32-15(3)11-16(4)33-29/h9-14,26H,7-8H2,1-6H3/b23-12+/t26-/m1/s1. The Labute approximate surface area is 264 Å². The molecule has 3 aromatic heterocycles. The van der Waals surface area contributed by atoms with Gasteiger partial charge in [0.05, 0.1) is 42.2 Å². The zero-order valence-electron chi connectivity index (χ0n) is 24.4. The molecule has 0 aliphatic carbocycles. The van der Waals surface area contributed by atoms with Crippen LogP contribution in [0.3, 0.4) is 0 Å². The summed E-state index contributed by atoms with van der Waals surface area (Å²) in [5, 5.41) is 1.17. The molecule has 4 heterocycles. The van der Waals surface area contributed by atoms with Crippen LogP contribution in [-0.2, 0) is 9.53 Å². The number of furan rings is 1. The van der Waals surface area contributed by atoms with E-state index in [2.05, 4.69) is 30.9 Å². The number of carbonyl (C=O) groups is 1. The van der Waals surface area contributed by atoms with Crippen LogP contribution in [0.5, 0.6) is 11.5 Å². The Balaban J connectivity index is 1.62. The first-order valence-corrected chi connectivity index (χ1v) is 15.9. The number of nitrogens with zero attached hydrogens (tertiary/aromatic N) is 4. The molecule has 4 aromatic rings. The fourth-order valence-corrected chi connectivity index (χ4v) is 7.10. The lowest BCUT2D eigenvalue weighted by Gasteiger charge is -2.26. The van der Waals surface area contributed by atoms with Gasteiger partial charge in [-0.25, -0.2) is 19.8 Å². The first kappa shape index (κ1) is 30.8. The Bertz CT molecular complexity index is 1910. The molecule has 1 aliphatic rings. The van der Waals surface area contributed by atoms with Crippen molar-refractivity contribution in [1.82, 2.24) is 14.5 Å². The summed E-state index contributed by atoms with van der Waals surface area (Å²) in [4.78, 5) is 41.3. The van der Waals surface area contributed by atoms with Crippen LogP contribution in [0.1, 0.15) is 49.5 Å². The van der Waals surface area contributed by atoms with Gasteiger partial charge < -0.3 is 18.6 Å². The van der Waals surface area contributed by atoms with E-state index in [1.165, 1.54) is 27.7 Å². The van der Waals surface area contributed by atoms with Gasteiger partial charge >= 0.3 is 5.97 Å². The van der Waals surface area contributed by atoms with Gasteiger partial charge in [0, 0.05) is 21.9 Å². The normalized spacial score (nSPS) is 14.9. The zero-order valence-corrected chi connectivity index (χ0v) is 27.6. The molecule has 224 valence electrons. The third kappa shape index (κ3) is 6.34. The molecule has 0 N–H and O–H groups in total. The Morgan fingerprint density at radius 2 is 1.86 bits per heavy atom. The highest BCUT2D eigenvalue weighted by molar-refractivity contribution is 9.10. The van der Waals surface area contributed by atoms with Crippen LogP contribution in [0.25, 0.3) is 6.08 Å². The molecule has 0 fully saturated rings. The number of carbonyl (C=O) groups excluding carboxylic acids is 1. The summed E-state index contributed by atoms with van der Waals surface area (Å²) in [5.74, 6) is 0.932. The number of allylic oxidation sites excluding steroid dienone is 1. The topological polar surface area (TPSA) is 118 Å². The molecule has 0 bridgehead atoms. The van der Waals surface area contributed by atoms with Crippen LogP contribution in [0.2, 0.25) is 0 Å². The quantitative estimate of drug-likeness (QED) is 0.175. The Kier molecular flexibility index (Phi) is 9.23. The van der Waals surface area contributed by atoms with E-state index in [0.717, 1.165) is 11.4 Å². The highest BCUT2D eigenvalue weighted by atomic mass is 79.9. The van der Waals surface area contributed by atoms with Crippen molar-refractivity contribution in [2.75, 3.05) is 20.3 Å². The van der Waals surface area contributed by atoms with Gasteiger partial charge in [-0.3, -0.25) is 9.36 Å². The lowest BCUT2D eigenvalue weighted by atomic mass is 9.95. The number of thiazole rings is 1. The molecule has 5 rings (SSSR count). The predicted molar refractivity (Wildman–Crippen MR) is 167 cm³/mol. The third-order valence-electron chi connectivity index (χ3n) is 6.42. The van der Waals surface area contributed by atoms with E-state index in [-0.39, 0.29) is 17.7 Å². The summed E-state index contributed by atoms with van der Waals surface area (Å²) < 4.78 is 25.3. The molecule has 43 heavy (non-hydrogen) atoms. The van der Waals surface area contributed by atoms with Gasteiger partial charge in [0.2, 0.25) is 0 Å². The number of hydrogen-bond acceptors (Lipinski definition) is 11. The van der Waals surface area contributed by atoms with E-state index in [4.69, 9.17) is 18.6 Å². The van der Waals surface area contributed by atoms with Crippen molar-refractivity contribution >= 4 is 51.1 Å². The average molecular weight is 686 g/mol. The highest BCUT2D eigenvalue weighted by Gasteiger charge is 2.35. The van der Waals surface area contributed by atoms with Crippen molar-refractivity contribution in [2.45, 2.75) is 50.9 Å². The predicted octanol–water partition coefficient (Wildman–Crippen LogP) is 5.12. The van der Waals surface area contributed by atoms with Crippen molar-refractivity contribution in [3.05, 3.63) is 88.5 Å². The molecule has 0 spiro atoms. The number of halogens is 1. The SMILES string of the molecule is CCOC(=O)C1=C(C)N=c2s/c(=C/c3ccc(Sc4nc(C)cc(C)n4)o3)c(=O)n2[C@@H]1c1cc(OCC)c(OC)cc1Br. The van der Waals surface area contributed by atoms with Crippen molar-refractivity contribution in [2.24, 2.45) is 4.99 Å². The van der Waals surface area contributed by atoms with E-state index in [0.29, 0.717) is 59.2 Å². The van der Waals surface area contributed by atoms with E-state index in [1.807, 2.05) is 32.9 Å². The van der Waals surface area contributed by atoms with Crippen LogP contribution in [0.15, 0.2) is 70.5 Å². The minimum absolute atomic E-state index is 0.173. The van der Waals surface area contributed by atoms with Gasteiger partial charge in [-0.1, -0.05) is 27.3 Å². The van der Waals surface area contributed by atoms with Gasteiger partial charge in [-0.15, -0.1) is 0 Å². The number of hydrogen-bond donors (Lipinski definition) is 0. The second-order valence-electron chi connectivity index (χ2n) is 9.45. The maximum absolute atomic E-state index is 14.0. The molecular formula is C30H29BrN4O6S2. The number of ether oxygens (including phenoxy) is 3. The number of rotatable bonds is 9. The molecule has 0 amide bonds. The van der Waals surface area contributed by atoms with Crippen LogP contribution >= 0.6 is 39.0 Å². The number of methoxy groups -OCH3 is 1. The first-order valence-electron chi connectivity index (χ1n) is 13.4. The fourth-order valence-electron chi connectivity index (χ4n) is 4.70. The largest absolute Gasteiger partial charge is 0.493 e. The minimum atomic E-state index is -0.832. The Morgan fingerprint density at radius 3 is 2.53 bits per heavy atom. The van der Waals surface area contributed by atoms with Crippen molar-refractivity contribution in [1.29, 1.82) is 0 Å². The maximum Gasteiger partial charge on any atom is 0.338 e. The van der Waals surface area contributed by atoms with E-state index >= 15 is 0 Å². The Morgan fingerprint density at radius 1 is 1.12 bits per heavy atom. The van der Waals surface area contributed by atoms with Crippen molar-refractivity contribution < 1.29 is 23.4 Å². The van der Waals surface area contributed by atoms with Gasteiger partial charge in [0.25, 0.3) is 5.56 Å². The molecule has 10 nitrogen and oxygen atoms in total. The highest BCUT2D eigenvalue weighted by Crippen LogP contribution is 2.41. The van der Waals surface area contributed by atoms with Crippen LogP contribution in [-0.4, -0.2) is 40.8 Å². The van der Waals surface area contributed by atoms with Crippen LogP contribution in [0.4, 0.5) is 0 Å². The average Bonchev–Trinajstić information content (AvgIpc) is 3.51. The van der Waals surface area contributed by atoms with Crippen LogP contribution in [0, 0.1) is 13.8 Å². The number of benzene rings is 1. The number of aromatic nitrogens is 3. The lowest BCUT2D eigenvalue weighted by Crippen LogP contribution is -2.40. The smallest absolute Gasteiger partial charge is 0.338 e. The summed E-state index contributed by atoms with van der Waals surface area (Å²) in [5.41, 5.74) is 2.76. The monoisotopic (exact) mass is 684 g/mol. The third-order valence-corrected chi connectivity index (χ3v) is 8.88. The van der Waals surface area contributed by atoms with E-state index in [1.54, 1.807) is 45.2 Å². The van der Waals surface area contributed by atoms with Gasteiger partial charge in [0.15, 0.2) is 26.5 Å². The van der Waals surface area contributed by atoms with Crippen LogP contribution < -0.4 is 24.4 Å². The van der Waals surface area contributed by atoms with Gasteiger partial charge in [-0.05, 0) is 82.3 Å². The molecule has 0 saturated carbocycles. The minimum Gasteiger partial charge on any atom is -0.493 e. The summed E-state index contributed by atoms with van der Waals surface area (Å²) in [6.45, 7) is 9.74. The summed E-state index contributed by atoms with van der Waals surface area (Å²) in [7, 11) is 1.55. The molecule has 1 atom stereocenters. The summed E-state index contributed by atoms with van der Waals surface area (Å²) in [6, 6.07) is 8.20. The molecule has 1 aliphatic heterocycles. The van der Waals surface area contributed by atoms with Crippen molar-refractivity contribution in [3.63, 3.8) is 0 Å². The molecular weight excluding hydrogens is 656 g/mol. The summed E-state index contributed by atoms with van der Waals surface area (Å²) in [6.07, 6.45) is 1.67. The second-order valence-corrected chi connectivity index (χ2v) is 12.3. The van der Waals surface area contributed by atoms with Gasteiger partial charge in [-0.2, -0.15) is 0 Å².